The number of hydrogen-bond donors (Lipinski definition) is 1. The highest BCUT2D eigenvalue weighted by atomic mass is 35.5. The van der Waals surface area contributed by atoms with Crippen molar-refractivity contribution in [3.8, 4) is 0 Å². The fourth-order valence-corrected chi connectivity index (χ4v) is 2.78. The standard InChI is InChI=1S/C13H18ClN3O/c1-8-15-11(14)9(7-18)12(16-8)17-10-5-4-6-13(10,2)3/h7,10H,4-6H2,1-3H3,(H,15,16,17). The first-order valence-electron chi connectivity index (χ1n) is 6.20. The quantitative estimate of drug-likeness (QED) is 0.675. The largest absolute Gasteiger partial charge is 0.366 e. The molecule has 0 bridgehead atoms. The number of carbonyl (C=O) groups excluding carboxylic acids is 1. The van der Waals surface area contributed by atoms with Crippen LogP contribution in [0.15, 0.2) is 0 Å². The van der Waals surface area contributed by atoms with Crippen LogP contribution in [0.3, 0.4) is 0 Å². The zero-order chi connectivity index (χ0) is 13.3. The average molecular weight is 268 g/mol. The van der Waals surface area contributed by atoms with Crippen LogP contribution in [0.2, 0.25) is 5.15 Å². The Morgan fingerprint density at radius 3 is 2.72 bits per heavy atom. The zero-order valence-corrected chi connectivity index (χ0v) is 11.7. The molecule has 0 saturated heterocycles. The minimum atomic E-state index is 0.214. The number of halogens is 1. The Morgan fingerprint density at radius 2 is 2.17 bits per heavy atom. The third kappa shape index (κ3) is 2.48. The van der Waals surface area contributed by atoms with E-state index in [9.17, 15) is 4.79 Å². The molecule has 4 nitrogen and oxygen atoms in total. The van der Waals surface area contributed by atoms with Crippen molar-refractivity contribution in [1.82, 2.24) is 9.97 Å². The molecule has 1 saturated carbocycles. The first-order valence-corrected chi connectivity index (χ1v) is 6.57. The first kappa shape index (κ1) is 13.3. The van der Waals surface area contributed by atoms with E-state index in [2.05, 4.69) is 29.1 Å². The molecule has 1 heterocycles. The fourth-order valence-electron chi connectivity index (χ4n) is 2.52. The van der Waals surface area contributed by atoms with Gasteiger partial charge in [-0.15, -0.1) is 0 Å². The summed E-state index contributed by atoms with van der Waals surface area (Å²) in [6.45, 7) is 6.23. The molecule has 2 rings (SSSR count). The van der Waals surface area contributed by atoms with E-state index in [1.807, 2.05) is 0 Å². The molecule has 0 aliphatic heterocycles. The third-order valence-corrected chi connectivity index (χ3v) is 3.99. The van der Waals surface area contributed by atoms with Gasteiger partial charge in [-0.3, -0.25) is 4.79 Å². The Bertz CT molecular complexity index is 474. The summed E-state index contributed by atoms with van der Waals surface area (Å²) < 4.78 is 0. The van der Waals surface area contributed by atoms with E-state index in [0.717, 1.165) is 6.42 Å². The van der Waals surface area contributed by atoms with Gasteiger partial charge in [-0.2, -0.15) is 0 Å². The van der Waals surface area contributed by atoms with Crippen LogP contribution in [-0.4, -0.2) is 22.3 Å². The summed E-state index contributed by atoms with van der Waals surface area (Å²) >= 11 is 5.97. The van der Waals surface area contributed by atoms with Gasteiger partial charge in [0.1, 0.15) is 16.8 Å². The van der Waals surface area contributed by atoms with E-state index in [-0.39, 0.29) is 10.6 Å². The van der Waals surface area contributed by atoms with Crippen LogP contribution in [0.4, 0.5) is 5.82 Å². The van der Waals surface area contributed by atoms with Crippen molar-refractivity contribution in [2.24, 2.45) is 5.41 Å². The molecule has 18 heavy (non-hydrogen) atoms. The summed E-state index contributed by atoms with van der Waals surface area (Å²) in [4.78, 5) is 19.4. The monoisotopic (exact) mass is 267 g/mol. The number of aromatic nitrogens is 2. The average Bonchev–Trinajstić information content (AvgIpc) is 2.58. The maximum atomic E-state index is 11.1. The molecule has 98 valence electrons. The van der Waals surface area contributed by atoms with Gasteiger partial charge in [0.05, 0.1) is 5.56 Å². The van der Waals surface area contributed by atoms with E-state index in [1.54, 1.807) is 6.92 Å². The Hall–Kier alpha value is -1.16. The lowest BCUT2D eigenvalue weighted by atomic mass is 9.87. The Balaban J connectivity index is 2.31. The smallest absolute Gasteiger partial charge is 0.156 e. The van der Waals surface area contributed by atoms with E-state index in [1.165, 1.54) is 12.8 Å². The molecule has 0 radical (unpaired) electrons. The minimum Gasteiger partial charge on any atom is -0.366 e. The number of aryl methyl sites for hydroxylation is 1. The second-order valence-corrected chi connectivity index (χ2v) is 5.88. The number of hydrogen-bond acceptors (Lipinski definition) is 4. The molecular formula is C13H18ClN3O. The van der Waals surface area contributed by atoms with Crippen molar-refractivity contribution < 1.29 is 4.79 Å². The summed E-state index contributed by atoms with van der Waals surface area (Å²) in [6, 6.07) is 0.321. The van der Waals surface area contributed by atoms with Gasteiger partial charge in [0.25, 0.3) is 0 Å². The molecule has 1 aliphatic rings. The van der Waals surface area contributed by atoms with Crippen molar-refractivity contribution in [3.63, 3.8) is 0 Å². The van der Waals surface area contributed by atoms with Crippen LogP contribution in [0, 0.1) is 12.3 Å². The summed E-state index contributed by atoms with van der Waals surface area (Å²) in [7, 11) is 0. The summed E-state index contributed by atoms with van der Waals surface area (Å²) in [5.74, 6) is 1.13. The molecule has 1 N–H and O–H groups in total. The second-order valence-electron chi connectivity index (χ2n) is 5.52. The molecule has 0 spiro atoms. The minimum absolute atomic E-state index is 0.214. The lowest BCUT2D eigenvalue weighted by Gasteiger charge is -2.28. The molecular weight excluding hydrogens is 250 g/mol. The van der Waals surface area contributed by atoms with Gasteiger partial charge in [0, 0.05) is 6.04 Å². The summed E-state index contributed by atoms with van der Waals surface area (Å²) in [5, 5.41) is 3.58. The van der Waals surface area contributed by atoms with Crippen LogP contribution >= 0.6 is 11.6 Å². The van der Waals surface area contributed by atoms with Gasteiger partial charge in [0.15, 0.2) is 6.29 Å². The van der Waals surface area contributed by atoms with Crippen LogP contribution in [0.25, 0.3) is 0 Å². The summed E-state index contributed by atoms with van der Waals surface area (Å²) in [5.41, 5.74) is 0.566. The lowest BCUT2D eigenvalue weighted by Crippen LogP contribution is -2.31. The SMILES string of the molecule is Cc1nc(Cl)c(C=O)c(NC2CCCC2(C)C)n1. The predicted molar refractivity (Wildman–Crippen MR) is 72.2 cm³/mol. The normalized spacial score (nSPS) is 21.9. The Labute approximate surface area is 112 Å². The van der Waals surface area contributed by atoms with Gasteiger partial charge in [-0.1, -0.05) is 31.9 Å². The highest BCUT2D eigenvalue weighted by Gasteiger charge is 2.35. The first-order chi connectivity index (χ1) is 8.44. The molecule has 5 heteroatoms. The summed E-state index contributed by atoms with van der Waals surface area (Å²) in [6.07, 6.45) is 4.18. The number of carbonyl (C=O) groups is 1. The van der Waals surface area contributed by atoms with Crippen molar-refractivity contribution >= 4 is 23.7 Å². The maximum absolute atomic E-state index is 11.1. The van der Waals surface area contributed by atoms with Crippen molar-refractivity contribution in [2.45, 2.75) is 46.1 Å². The van der Waals surface area contributed by atoms with Crippen LogP contribution < -0.4 is 5.32 Å². The highest BCUT2D eigenvalue weighted by molar-refractivity contribution is 6.32. The van der Waals surface area contributed by atoms with Crippen LogP contribution in [-0.2, 0) is 0 Å². The Morgan fingerprint density at radius 1 is 1.44 bits per heavy atom. The zero-order valence-electron chi connectivity index (χ0n) is 11.0. The number of nitrogens with zero attached hydrogens (tertiary/aromatic N) is 2. The molecule has 1 aromatic heterocycles. The molecule has 0 amide bonds. The molecule has 1 atom stereocenters. The molecule has 0 aromatic carbocycles. The van der Waals surface area contributed by atoms with Crippen molar-refractivity contribution in [2.75, 3.05) is 5.32 Å². The van der Waals surface area contributed by atoms with Crippen molar-refractivity contribution in [1.29, 1.82) is 0 Å². The third-order valence-electron chi connectivity index (χ3n) is 3.70. The number of nitrogens with one attached hydrogen (secondary N) is 1. The van der Waals surface area contributed by atoms with E-state index in [4.69, 9.17) is 11.6 Å². The molecule has 1 unspecified atom stereocenters. The lowest BCUT2D eigenvalue weighted by molar-refractivity contribution is 0.112. The van der Waals surface area contributed by atoms with Gasteiger partial charge in [-0.25, -0.2) is 9.97 Å². The molecule has 1 aliphatic carbocycles. The predicted octanol–water partition coefficient (Wildman–Crippen LogP) is 3.24. The topological polar surface area (TPSA) is 54.9 Å². The van der Waals surface area contributed by atoms with E-state index < -0.39 is 0 Å². The maximum Gasteiger partial charge on any atom is 0.156 e. The van der Waals surface area contributed by atoms with Gasteiger partial charge >= 0.3 is 0 Å². The van der Waals surface area contributed by atoms with Crippen LogP contribution in [0.1, 0.15) is 49.3 Å². The van der Waals surface area contributed by atoms with E-state index >= 15 is 0 Å². The number of rotatable bonds is 3. The van der Waals surface area contributed by atoms with Gasteiger partial charge < -0.3 is 5.32 Å². The molecule has 1 aromatic rings. The van der Waals surface area contributed by atoms with E-state index in [0.29, 0.717) is 29.5 Å². The number of aldehydes is 1. The van der Waals surface area contributed by atoms with Crippen molar-refractivity contribution in [3.05, 3.63) is 16.5 Å². The highest BCUT2D eigenvalue weighted by Crippen LogP contribution is 2.39. The fraction of sp³-hybridized carbons (Fsp3) is 0.615. The van der Waals surface area contributed by atoms with Gasteiger partial charge in [-0.05, 0) is 25.2 Å². The Kier molecular flexibility index (Phi) is 3.57. The molecule has 1 fully saturated rings. The van der Waals surface area contributed by atoms with Gasteiger partial charge in [0.2, 0.25) is 0 Å². The second kappa shape index (κ2) is 4.84. The number of anilines is 1. The van der Waals surface area contributed by atoms with Crippen LogP contribution in [0.5, 0.6) is 0 Å².